The van der Waals surface area contributed by atoms with Crippen molar-refractivity contribution >= 4 is 12.2 Å². The molecule has 2 aliphatic rings. The van der Waals surface area contributed by atoms with Crippen molar-refractivity contribution in [2.24, 2.45) is 5.92 Å². The van der Waals surface area contributed by atoms with Crippen molar-refractivity contribution in [1.29, 1.82) is 0 Å². The maximum atomic E-state index is 12.4. The van der Waals surface area contributed by atoms with Crippen molar-refractivity contribution in [1.82, 2.24) is 9.80 Å². The van der Waals surface area contributed by atoms with Gasteiger partial charge in [-0.2, -0.15) is 0 Å². The molecule has 2 fully saturated rings. The van der Waals surface area contributed by atoms with Crippen LogP contribution in [0.5, 0.6) is 5.75 Å². The van der Waals surface area contributed by atoms with Gasteiger partial charge in [0.2, 0.25) is 6.29 Å². The Hall–Kier alpha value is -2.52. The number of nitrogens with zero attached hydrogens (tertiary/aromatic N) is 2. The van der Waals surface area contributed by atoms with Crippen LogP contribution in [0.2, 0.25) is 0 Å². The number of piperidine rings is 2. The normalized spacial score (nSPS) is 20.2. The third-order valence-electron chi connectivity index (χ3n) is 6.67. The lowest BCUT2D eigenvalue weighted by molar-refractivity contribution is -0.140. The summed E-state index contributed by atoms with van der Waals surface area (Å²) in [6.07, 6.45) is 3.55. The van der Waals surface area contributed by atoms with Gasteiger partial charge in [-0.25, -0.2) is 9.59 Å². The van der Waals surface area contributed by atoms with E-state index in [0.29, 0.717) is 44.8 Å². The summed E-state index contributed by atoms with van der Waals surface area (Å²) in [5, 5.41) is 18.8. The lowest BCUT2D eigenvalue weighted by Crippen LogP contribution is -2.52. The molecule has 0 aromatic heterocycles. The van der Waals surface area contributed by atoms with Gasteiger partial charge in [0.05, 0.1) is 12.6 Å². The van der Waals surface area contributed by atoms with E-state index in [9.17, 15) is 14.7 Å². The second-order valence-electron chi connectivity index (χ2n) is 10.7. The van der Waals surface area contributed by atoms with Crippen LogP contribution < -0.4 is 4.74 Å². The largest absolute Gasteiger partial charge is 0.465 e. The van der Waals surface area contributed by atoms with Gasteiger partial charge in [-0.3, -0.25) is 4.90 Å². The summed E-state index contributed by atoms with van der Waals surface area (Å²) in [4.78, 5) is 27.5. The molecule has 0 bridgehead atoms. The molecule has 0 aliphatic carbocycles. The van der Waals surface area contributed by atoms with E-state index in [1.807, 2.05) is 45.0 Å². The summed E-state index contributed by atoms with van der Waals surface area (Å²) < 4.78 is 18.0. The molecule has 9 nitrogen and oxygen atoms in total. The van der Waals surface area contributed by atoms with Gasteiger partial charge < -0.3 is 29.3 Å². The molecule has 1 aromatic rings. The Morgan fingerprint density at radius 2 is 1.75 bits per heavy atom. The molecule has 36 heavy (non-hydrogen) atoms. The fraction of sp³-hybridized carbons (Fsp3) is 0.704. The molecule has 0 spiro atoms. The van der Waals surface area contributed by atoms with Gasteiger partial charge in [-0.1, -0.05) is 12.1 Å². The number of ether oxygens (including phenoxy) is 3. The minimum absolute atomic E-state index is 0.150. The Morgan fingerprint density at radius 3 is 2.36 bits per heavy atom. The first-order chi connectivity index (χ1) is 17.2. The first-order valence-electron chi connectivity index (χ1n) is 13.1. The highest BCUT2D eigenvalue weighted by Gasteiger charge is 2.36. The van der Waals surface area contributed by atoms with Crippen LogP contribution in [0.15, 0.2) is 24.3 Å². The number of benzene rings is 1. The topological polar surface area (TPSA) is 109 Å². The van der Waals surface area contributed by atoms with E-state index in [1.165, 1.54) is 4.90 Å². The zero-order valence-corrected chi connectivity index (χ0v) is 21.9. The van der Waals surface area contributed by atoms with Crippen LogP contribution in [-0.4, -0.2) is 83.0 Å². The second-order valence-corrected chi connectivity index (χ2v) is 10.7. The van der Waals surface area contributed by atoms with Crippen LogP contribution in [0, 0.1) is 5.92 Å². The van der Waals surface area contributed by atoms with Crippen LogP contribution in [-0.2, 0) is 15.9 Å². The van der Waals surface area contributed by atoms with Gasteiger partial charge in [0.15, 0.2) is 0 Å². The lowest BCUT2D eigenvalue weighted by atomic mass is 9.98. The SMILES string of the molecule is CC(C)(C)OC(=O)N1CCC(COC(Oc2ccc(CCCO)cc2)C2CCCCN2C(=O)O)CC1. The van der Waals surface area contributed by atoms with E-state index in [1.54, 1.807) is 4.90 Å². The number of carbonyl (C=O) groups excluding carboxylic acids is 1. The summed E-state index contributed by atoms with van der Waals surface area (Å²) in [5.74, 6) is 0.876. The third-order valence-corrected chi connectivity index (χ3v) is 6.67. The summed E-state index contributed by atoms with van der Waals surface area (Å²) in [6, 6.07) is 7.29. The van der Waals surface area contributed by atoms with E-state index < -0.39 is 18.0 Å². The molecule has 2 atom stereocenters. The summed E-state index contributed by atoms with van der Waals surface area (Å²) >= 11 is 0. The third kappa shape index (κ3) is 8.55. The van der Waals surface area contributed by atoms with Gasteiger partial charge in [0.25, 0.3) is 0 Å². The number of hydrogen-bond acceptors (Lipinski definition) is 6. The molecule has 2 aliphatic heterocycles. The first kappa shape index (κ1) is 28.1. The molecule has 2 heterocycles. The minimum Gasteiger partial charge on any atom is -0.465 e. The molecule has 2 saturated heterocycles. The number of aliphatic hydroxyl groups is 1. The molecule has 0 radical (unpaired) electrons. The van der Waals surface area contributed by atoms with E-state index in [2.05, 4.69) is 0 Å². The van der Waals surface area contributed by atoms with Crippen molar-refractivity contribution in [3.05, 3.63) is 29.8 Å². The molecule has 2 N–H and O–H groups in total. The molecule has 202 valence electrons. The Balaban J connectivity index is 1.61. The quantitative estimate of drug-likeness (QED) is 0.474. The van der Waals surface area contributed by atoms with E-state index in [4.69, 9.17) is 19.3 Å². The van der Waals surface area contributed by atoms with Crippen LogP contribution in [0.3, 0.4) is 0 Å². The van der Waals surface area contributed by atoms with E-state index >= 15 is 0 Å². The summed E-state index contributed by atoms with van der Waals surface area (Å²) in [7, 11) is 0. The standard InChI is InChI=1S/C27H42N2O7/c1-27(2,3)36-26(33)28-16-13-21(14-17-28)19-34-24(23-8-4-5-15-29(23)25(31)32)35-22-11-9-20(10-12-22)7-6-18-30/h9-12,21,23-24,30H,4-8,13-19H2,1-3H3,(H,31,32). The number of carboxylic acid groups (broad SMARTS) is 1. The van der Waals surface area contributed by atoms with Gasteiger partial charge in [0, 0.05) is 26.2 Å². The monoisotopic (exact) mass is 506 g/mol. The van der Waals surface area contributed by atoms with E-state index in [-0.39, 0.29) is 24.7 Å². The summed E-state index contributed by atoms with van der Waals surface area (Å²) in [6.45, 7) is 7.85. The number of likely N-dealkylation sites (tertiary alicyclic amines) is 2. The number of rotatable bonds is 9. The van der Waals surface area contributed by atoms with Crippen LogP contribution in [0.4, 0.5) is 9.59 Å². The van der Waals surface area contributed by atoms with Gasteiger partial charge in [0.1, 0.15) is 11.4 Å². The van der Waals surface area contributed by atoms with Crippen molar-refractivity contribution in [3.63, 3.8) is 0 Å². The smallest absolute Gasteiger partial charge is 0.410 e. The van der Waals surface area contributed by atoms with Crippen molar-refractivity contribution in [2.45, 2.75) is 83.6 Å². The zero-order chi connectivity index (χ0) is 26.1. The molecule has 3 rings (SSSR count). The first-order valence-corrected chi connectivity index (χ1v) is 13.1. The molecule has 2 amide bonds. The lowest BCUT2D eigenvalue weighted by Gasteiger charge is -2.39. The Bertz CT molecular complexity index is 832. The Kier molecular flexibility index (Phi) is 10.2. The number of amides is 2. The molecular weight excluding hydrogens is 464 g/mol. The fourth-order valence-corrected chi connectivity index (χ4v) is 4.69. The van der Waals surface area contributed by atoms with Crippen LogP contribution in [0.25, 0.3) is 0 Å². The van der Waals surface area contributed by atoms with Crippen molar-refractivity contribution < 1.29 is 34.0 Å². The molecule has 9 heteroatoms. The summed E-state index contributed by atoms with van der Waals surface area (Å²) in [5.41, 5.74) is 0.588. The maximum absolute atomic E-state index is 12.4. The van der Waals surface area contributed by atoms with Crippen molar-refractivity contribution in [2.75, 3.05) is 32.8 Å². The minimum atomic E-state index is -0.957. The van der Waals surface area contributed by atoms with E-state index in [0.717, 1.165) is 37.7 Å². The highest BCUT2D eigenvalue weighted by Crippen LogP contribution is 2.27. The second kappa shape index (κ2) is 13.1. The predicted octanol–water partition coefficient (Wildman–Crippen LogP) is 4.51. The molecular formula is C27H42N2O7. The molecule has 2 unspecified atom stereocenters. The average Bonchev–Trinajstić information content (AvgIpc) is 2.85. The number of hydrogen-bond donors (Lipinski definition) is 2. The maximum Gasteiger partial charge on any atom is 0.410 e. The molecule has 0 saturated carbocycles. The van der Waals surface area contributed by atoms with Crippen molar-refractivity contribution in [3.8, 4) is 5.75 Å². The van der Waals surface area contributed by atoms with Gasteiger partial charge in [-0.15, -0.1) is 0 Å². The Labute approximate surface area is 214 Å². The highest BCUT2D eigenvalue weighted by atomic mass is 16.7. The number of aliphatic hydroxyl groups excluding tert-OH is 1. The van der Waals surface area contributed by atoms with Gasteiger partial charge in [-0.05, 0) is 89.3 Å². The Morgan fingerprint density at radius 1 is 1.06 bits per heavy atom. The molecule has 1 aromatic carbocycles. The zero-order valence-electron chi connectivity index (χ0n) is 21.9. The fourth-order valence-electron chi connectivity index (χ4n) is 4.69. The number of aryl methyl sites for hydroxylation is 1. The predicted molar refractivity (Wildman–Crippen MR) is 135 cm³/mol. The van der Waals surface area contributed by atoms with Gasteiger partial charge >= 0.3 is 12.2 Å². The number of carbonyl (C=O) groups is 2. The average molecular weight is 507 g/mol. The highest BCUT2D eigenvalue weighted by molar-refractivity contribution is 5.68. The van der Waals surface area contributed by atoms with Crippen LogP contribution >= 0.6 is 0 Å². The van der Waals surface area contributed by atoms with Crippen LogP contribution in [0.1, 0.15) is 64.9 Å².